The zero-order valence-electron chi connectivity index (χ0n) is 26.1. The van der Waals surface area contributed by atoms with Crippen molar-refractivity contribution >= 4 is 27.8 Å². The van der Waals surface area contributed by atoms with E-state index in [0.29, 0.717) is 23.7 Å². The van der Waals surface area contributed by atoms with E-state index in [4.69, 9.17) is 0 Å². The number of nitrogens with zero attached hydrogens (tertiary/aromatic N) is 2. The summed E-state index contributed by atoms with van der Waals surface area (Å²) in [6.45, 7) is 36.1. The summed E-state index contributed by atoms with van der Waals surface area (Å²) in [5, 5.41) is 0. The van der Waals surface area contributed by atoms with Crippen LogP contribution in [0.1, 0.15) is 101 Å². The molecule has 0 saturated carbocycles. The summed E-state index contributed by atoms with van der Waals surface area (Å²) >= 11 is 0. The van der Waals surface area contributed by atoms with Gasteiger partial charge in [0.05, 0.1) is 0 Å². The average molecular weight is 525 g/mol. The lowest BCUT2D eigenvalue weighted by atomic mass is 9.92. The summed E-state index contributed by atoms with van der Waals surface area (Å²) in [7, 11) is -3.32. The van der Waals surface area contributed by atoms with Crippen molar-refractivity contribution in [1.82, 2.24) is 0 Å². The van der Waals surface area contributed by atoms with Crippen LogP contribution in [0.3, 0.4) is 0 Å². The Balaban J connectivity index is 2.69. The second-order valence-corrected chi connectivity index (χ2v) is 23.6. The first-order chi connectivity index (χ1) is 16.5. The number of para-hydroxylation sites is 2. The molecule has 202 valence electrons. The number of hydrogen-bond donors (Lipinski definition) is 0. The normalized spacial score (nSPS) is 12.8. The maximum atomic E-state index is 2.86. The predicted molar refractivity (Wildman–Crippen MR) is 171 cm³/mol. The molecule has 0 unspecified atom stereocenters. The van der Waals surface area contributed by atoms with Gasteiger partial charge in [0.25, 0.3) is 0 Å². The van der Waals surface area contributed by atoms with E-state index in [1.807, 2.05) is 0 Å². The Morgan fingerprint density at radius 2 is 0.694 bits per heavy atom. The summed E-state index contributed by atoms with van der Waals surface area (Å²) in [6, 6.07) is 14.1. The van der Waals surface area contributed by atoms with E-state index in [1.54, 1.807) is 0 Å². The molecule has 36 heavy (non-hydrogen) atoms. The van der Waals surface area contributed by atoms with Gasteiger partial charge in [0.2, 0.25) is 0 Å². The topological polar surface area (TPSA) is 6.48 Å². The van der Waals surface area contributed by atoms with Gasteiger partial charge in [0.1, 0.15) is 16.5 Å². The van der Waals surface area contributed by atoms with E-state index in [9.17, 15) is 0 Å². The lowest BCUT2D eigenvalue weighted by molar-refractivity contribution is 0.799. The first-order valence-corrected chi connectivity index (χ1v) is 21.2. The molecule has 0 saturated heterocycles. The minimum Gasteiger partial charge on any atom is -0.396 e. The van der Waals surface area contributed by atoms with Crippen LogP contribution in [0.15, 0.2) is 36.4 Å². The summed E-state index contributed by atoms with van der Waals surface area (Å²) in [4.78, 5) is 0. The van der Waals surface area contributed by atoms with Gasteiger partial charge < -0.3 is 9.13 Å². The highest BCUT2D eigenvalue weighted by Gasteiger charge is 2.33. The molecule has 2 aromatic rings. The van der Waals surface area contributed by atoms with Gasteiger partial charge in [-0.25, -0.2) is 0 Å². The van der Waals surface area contributed by atoms with Crippen molar-refractivity contribution in [2.75, 3.05) is 22.2 Å². The highest BCUT2D eigenvalue weighted by molar-refractivity contribution is 6.80. The van der Waals surface area contributed by atoms with E-state index in [0.717, 1.165) is 13.1 Å². The third-order valence-corrected chi connectivity index (χ3v) is 11.5. The molecule has 0 aliphatic rings. The van der Waals surface area contributed by atoms with Crippen LogP contribution in [0, 0.1) is 0 Å². The highest BCUT2D eigenvalue weighted by atomic mass is 28.3. The van der Waals surface area contributed by atoms with E-state index < -0.39 is 16.5 Å². The van der Waals surface area contributed by atoms with Gasteiger partial charge in [-0.1, -0.05) is 131 Å². The smallest absolute Gasteiger partial charge is 0.147 e. The second-order valence-electron chi connectivity index (χ2n) is 13.8. The maximum absolute atomic E-state index is 2.86. The van der Waals surface area contributed by atoms with Gasteiger partial charge in [0, 0.05) is 24.5 Å². The van der Waals surface area contributed by atoms with Crippen LogP contribution in [0.5, 0.6) is 0 Å². The van der Waals surface area contributed by atoms with E-state index >= 15 is 0 Å². The highest BCUT2D eigenvalue weighted by Crippen LogP contribution is 2.40. The Morgan fingerprint density at radius 3 is 0.861 bits per heavy atom. The molecule has 0 atom stereocenters. The summed E-state index contributed by atoms with van der Waals surface area (Å²) < 4.78 is 5.72. The van der Waals surface area contributed by atoms with Crippen molar-refractivity contribution in [1.29, 1.82) is 0 Å². The predicted octanol–water partition coefficient (Wildman–Crippen LogP) is 10.2. The van der Waals surface area contributed by atoms with E-state index in [2.05, 4.69) is 140 Å². The number of benzene rings is 2. The lowest BCUT2D eigenvalue weighted by Crippen LogP contribution is -2.55. The molecule has 4 heteroatoms. The van der Waals surface area contributed by atoms with Crippen molar-refractivity contribution in [2.45, 2.75) is 118 Å². The molecule has 0 aromatic heterocycles. The minimum absolute atomic E-state index is 0.514. The first-order valence-electron chi connectivity index (χ1n) is 14.3. The van der Waals surface area contributed by atoms with Gasteiger partial charge >= 0.3 is 0 Å². The van der Waals surface area contributed by atoms with Crippen molar-refractivity contribution < 1.29 is 0 Å². The zero-order valence-corrected chi connectivity index (χ0v) is 28.1. The average Bonchev–Trinajstić information content (AvgIpc) is 2.73. The van der Waals surface area contributed by atoms with Crippen LogP contribution in [0.4, 0.5) is 11.4 Å². The SMILES string of the molecule is CC(C)c1cccc(C(C)C)c1N(CCN(c1c(C(C)C)cccc1C(C)C)[Si](C)(C)C)[Si](C)(C)C. The summed E-state index contributed by atoms with van der Waals surface area (Å²) in [5.41, 5.74) is 9.08. The maximum Gasteiger partial charge on any atom is 0.147 e. The lowest BCUT2D eigenvalue weighted by Gasteiger charge is -2.45. The first kappa shape index (κ1) is 30.7. The Hall–Kier alpha value is -1.53. The molecule has 2 nitrogen and oxygen atoms in total. The molecule has 0 radical (unpaired) electrons. The van der Waals surface area contributed by atoms with Gasteiger partial charge in [-0.15, -0.1) is 0 Å². The number of rotatable bonds is 11. The molecule has 2 aromatic carbocycles. The van der Waals surface area contributed by atoms with Crippen molar-refractivity contribution in [3.8, 4) is 0 Å². The van der Waals surface area contributed by atoms with Gasteiger partial charge in [-0.05, 0) is 45.9 Å². The fourth-order valence-corrected chi connectivity index (χ4v) is 8.81. The van der Waals surface area contributed by atoms with E-state index in [-0.39, 0.29) is 0 Å². The van der Waals surface area contributed by atoms with Crippen molar-refractivity contribution in [3.63, 3.8) is 0 Å². The molecule has 2 rings (SSSR count). The fourth-order valence-electron chi connectivity index (χ4n) is 5.41. The molecule has 0 fully saturated rings. The molecule has 0 heterocycles. The number of anilines is 2. The van der Waals surface area contributed by atoms with Gasteiger partial charge in [-0.3, -0.25) is 0 Å². The molecule has 0 N–H and O–H groups in total. The Bertz CT molecular complexity index is 860. The van der Waals surface area contributed by atoms with Crippen LogP contribution < -0.4 is 9.13 Å². The summed E-state index contributed by atoms with van der Waals surface area (Å²) in [5.74, 6) is 2.06. The van der Waals surface area contributed by atoms with E-state index in [1.165, 1.54) is 33.6 Å². The van der Waals surface area contributed by atoms with Crippen LogP contribution in [-0.2, 0) is 0 Å². The molecule has 0 bridgehead atoms. The van der Waals surface area contributed by atoms with Gasteiger partial charge in [0.15, 0.2) is 0 Å². The largest absolute Gasteiger partial charge is 0.396 e. The molecular weight excluding hydrogens is 469 g/mol. The molecule has 0 aliphatic heterocycles. The monoisotopic (exact) mass is 524 g/mol. The van der Waals surface area contributed by atoms with Crippen LogP contribution in [-0.4, -0.2) is 29.6 Å². The fraction of sp³-hybridized carbons (Fsp3) is 0.625. The molecule has 0 amide bonds. The van der Waals surface area contributed by atoms with Crippen molar-refractivity contribution in [3.05, 3.63) is 58.7 Å². The van der Waals surface area contributed by atoms with Gasteiger partial charge in [-0.2, -0.15) is 0 Å². The van der Waals surface area contributed by atoms with Crippen molar-refractivity contribution in [2.24, 2.45) is 0 Å². The minimum atomic E-state index is -1.66. The standard InChI is InChI=1S/C32H56N2Si2/c1-23(2)27-17-15-18-28(24(3)4)31(27)33(35(9,10)11)21-22-34(36(12,13)14)32-29(25(5)6)19-16-20-30(32)26(7)8/h15-20,23-26H,21-22H2,1-14H3. The Kier molecular flexibility index (Phi) is 10.1. The second kappa shape index (κ2) is 11.9. The molecule has 0 aliphatic carbocycles. The molecule has 0 spiro atoms. The number of hydrogen-bond acceptors (Lipinski definition) is 2. The molecular formula is C32H56N2Si2. The Morgan fingerprint density at radius 1 is 0.472 bits per heavy atom. The van der Waals surface area contributed by atoms with Crippen LogP contribution >= 0.6 is 0 Å². The quantitative estimate of drug-likeness (QED) is 0.270. The third-order valence-electron chi connectivity index (χ3n) is 7.39. The van der Waals surface area contributed by atoms with Crippen LogP contribution in [0.25, 0.3) is 0 Å². The summed E-state index contributed by atoms with van der Waals surface area (Å²) in [6.07, 6.45) is 0. The third kappa shape index (κ3) is 7.07. The Labute approximate surface area is 226 Å². The van der Waals surface area contributed by atoms with Crippen LogP contribution in [0.2, 0.25) is 39.3 Å². The zero-order chi connectivity index (χ0) is 27.6.